The zero-order valence-corrected chi connectivity index (χ0v) is 11.2. The van der Waals surface area contributed by atoms with Crippen molar-refractivity contribution in [1.29, 1.82) is 0 Å². The molecular weight excluding hydrogens is 264 g/mol. The van der Waals surface area contributed by atoms with E-state index in [9.17, 15) is 4.79 Å². The fraction of sp³-hybridized carbons (Fsp3) is 0.500. The first-order valence-corrected chi connectivity index (χ1v) is 7.16. The largest absolute Gasteiger partial charge is 0.481 e. The molecule has 6 nitrogen and oxygen atoms in total. The monoisotopic (exact) mass is 278 g/mol. The molecule has 0 atom stereocenters. The van der Waals surface area contributed by atoms with Gasteiger partial charge in [0.1, 0.15) is 0 Å². The number of aliphatic carboxylic acids is 1. The number of carboxylic acids is 1. The van der Waals surface area contributed by atoms with Gasteiger partial charge in [0.15, 0.2) is 0 Å². The first-order chi connectivity index (χ1) is 9.22. The van der Waals surface area contributed by atoms with Crippen LogP contribution in [0.5, 0.6) is 0 Å². The molecule has 0 amide bonds. The summed E-state index contributed by atoms with van der Waals surface area (Å²) in [7, 11) is 0. The van der Waals surface area contributed by atoms with Gasteiger partial charge in [0, 0.05) is 11.3 Å². The highest BCUT2D eigenvalue weighted by molar-refractivity contribution is 7.14. The summed E-state index contributed by atoms with van der Waals surface area (Å²) in [5, 5.41) is 17.5. The van der Waals surface area contributed by atoms with E-state index < -0.39 is 5.97 Å². The third-order valence-corrected chi connectivity index (χ3v) is 4.31. The van der Waals surface area contributed by atoms with Crippen LogP contribution in [0.15, 0.2) is 6.20 Å². The quantitative estimate of drug-likeness (QED) is 0.919. The van der Waals surface area contributed by atoms with E-state index in [4.69, 9.17) is 5.11 Å². The van der Waals surface area contributed by atoms with Gasteiger partial charge in [-0.3, -0.25) is 4.79 Å². The van der Waals surface area contributed by atoms with Crippen molar-refractivity contribution in [3.05, 3.63) is 22.5 Å². The van der Waals surface area contributed by atoms with Crippen molar-refractivity contribution in [2.75, 3.05) is 0 Å². The standard InChI is InChI=1S/C12H14N4O2S/c17-11(18)6-5-8-7-16(15-14-8)12-13-9-3-1-2-4-10(9)19-12/h7H,1-6H2,(H,17,18). The van der Waals surface area contributed by atoms with Gasteiger partial charge in [0.2, 0.25) is 5.13 Å². The molecule has 0 unspecified atom stereocenters. The summed E-state index contributed by atoms with van der Waals surface area (Å²) in [5.41, 5.74) is 1.88. The van der Waals surface area contributed by atoms with Crippen LogP contribution in [-0.4, -0.2) is 31.1 Å². The minimum Gasteiger partial charge on any atom is -0.481 e. The molecule has 100 valence electrons. The third kappa shape index (κ3) is 2.65. The van der Waals surface area contributed by atoms with Gasteiger partial charge in [-0.25, -0.2) is 4.98 Å². The van der Waals surface area contributed by atoms with Crippen molar-refractivity contribution in [2.45, 2.75) is 38.5 Å². The summed E-state index contributed by atoms with van der Waals surface area (Å²) >= 11 is 1.66. The Bertz CT molecular complexity index is 581. The van der Waals surface area contributed by atoms with Crippen molar-refractivity contribution in [3.8, 4) is 5.13 Å². The first kappa shape index (κ1) is 12.3. The number of rotatable bonds is 4. The van der Waals surface area contributed by atoms with Gasteiger partial charge in [-0.2, -0.15) is 4.68 Å². The lowest BCUT2D eigenvalue weighted by molar-refractivity contribution is -0.136. The lowest BCUT2D eigenvalue weighted by atomic mass is 10.0. The van der Waals surface area contributed by atoms with Crippen LogP contribution in [0.3, 0.4) is 0 Å². The van der Waals surface area contributed by atoms with Gasteiger partial charge < -0.3 is 5.11 Å². The van der Waals surface area contributed by atoms with Crippen molar-refractivity contribution in [2.24, 2.45) is 0 Å². The number of carbonyl (C=O) groups is 1. The molecule has 0 aliphatic heterocycles. The van der Waals surface area contributed by atoms with Gasteiger partial charge >= 0.3 is 5.97 Å². The topological polar surface area (TPSA) is 80.9 Å². The molecule has 0 saturated heterocycles. The van der Waals surface area contributed by atoms with E-state index in [-0.39, 0.29) is 6.42 Å². The number of aromatic nitrogens is 4. The van der Waals surface area contributed by atoms with Crippen molar-refractivity contribution in [3.63, 3.8) is 0 Å². The predicted molar refractivity (Wildman–Crippen MR) is 69.6 cm³/mol. The molecular formula is C12H14N4O2S. The van der Waals surface area contributed by atoms with E-state index in [1.165, 1.54) is 23.4 Å². The molecule has 0 spiro atoms. The highest BCUT2D eigenvalue weighted by Crippen LogP contribution is 2.28. The molecule has 0 bridgehead atoms. The molecule has 1 aliphatic rings. The van der Waals surface area contributed by atoms with Crippen LogP contribution in [0.4, 0.5) is 0 Å². The Kier molecular flexibility index (Phi) is 3.29. The smallest absolute Gasteiger partial charge is 0.303 e. The molecule has 2 heterocycles. The van der Waals surface area contributed by atoms with Crippen molar-refractivity contribution in [1.82, 2.24) is 20.0 Å². The normalized spacial score (nSPS) is 14.3. The second-order valence-electron chi connectivity index (χ2n) is 4.62. The zero-order valence-electron chi connectivity index (χ0n) is 10.4. The average Bonchev–Trinajstić information content (AvgIpc) is 3.02. The molecule has 1 N–H and O–H groups in total. The molecule has 1 aliphatic carbocycles. The lowest BCUT2D eigenvalue weighted by Gasteiger charge is -2.06. The maximum absolute atomic E-state index is 10.5. The fourth-order valence-corrected chi connectivity index (χ4v) is 3.25. The first-order valence-electron chi connectivity index (χ1n) is 6.34. The van der Waals surface area contributed by atoms with E-state index in [1.807, 2.05) is 0 Å². The maximum Gasteiger partial charge on any atom is 0.303 e. The van der Waals surface area contributed by atoms with Crippen LogP contribution in [0, 0.1) is 0 Å². The Morgan fingerprint density at radius 3 is 3.05 bits per heavy atom. The summed E-state index contributed by atoms with van der Waals surface area (Å²) in [6.45, 7) is 0. The van der Waals surface area contributed by atoms with Crippen LogP contribution >= 0.6 is 11.3 Å². The van der Waals surface area contributed by atoms with E-state index in [2.05, 4.69) is 15.3 Å². The molecule has 0 saturated carbocycles. The second-order valence-corrected chi connectivity index (χ2v) is 5.68. The van der Waals surface area contributed by atoms with Crippen LogP contribution in [-0.2, 0) is 24.1 Å². The summed E-state index contributed by atoms with van der Waals surface area (Å²) < 4.78 is 1.65. The van der Waals surface area contributed by atoms with Gasteiger partial charge in [0.25, 0.3) is 0 Å². The maximum atomic E-state index is 10.5. The Hall–Kier alpha value is -1.76. The molecule has 0 radical (unpaired) electrons. The van der Waals surface area contributed by atoms with E-state index in [1.54, 1.807) is 22.2 Å². The minimum absolute atomic E-state index is 0.0765. The van der Waals surface area contributed by atoms with Gasteiger partial charge in [-0.1, -0.05) is 16.6 Å². The predicted octanol–water partition coefficient (Wildman–Crippen LogP) is 1.62. The van der Waals surface area contributed by atoms with Gasteiger partial charge in [-0.05, 0) is 25.7 Å². The van der Waals surface area contributed by atoms with E-state index >= 15 is 0 Å². The Labute approximate surface area is 114 Å². The molecule has 0 aromatic carbocycles. The number of fused-ring (bicyclic) bond motifs is 1. The summed E-state index contributed by atoms with van der Waals surface area (Å²) in [5.74, 6) is -0.820. The molecule has 0 fully saturated rings. The number of nitrogens with zero attached hydrogens (tertiary/aromatic N) is 4. The molecule has 2 aromatic rings. The third-order valence-electron chi connectivity index (χ3n) is 3.17. The Morgan fingerprint density at radius 2 is 2.26 bits per heavy atom. The van der Waals surface area contributed by atoms with E-state index in [0.717, 1.165) is 18.0 Å². The Balaban J connectivity index is 1.78. The SMILES string of the molecule is O=C(O)CCc1cn(-c2nc3c(s2)CCCC3)nn1. The molecule has 3 rings (SSSR count). The summed E-state index contributed by atoms with van der Waals surface area (Å²) in [4.78, 5) is 16.5. The Morgan fingerprint density at radius 1 is 1.42 bits per heavy atom. The number of hydrogen-bond acceptors (Lipinski definition) is 5. The molecule has 19 heavy (non-hydrogen) atoms. The van der Waals surface area contributed by atoms with Crippen LogP contribution < -0.4 is 0 Å². The number of aryl methyl sites for hydroxylation is 3. The fourth-order valence-electron chi connectivity index (χ4n) is 2.18. The number of hydrogen-bond donors (Lipinski definition) is 1. The van der Waals surface area contributed by atoms with Crippen molar-refractivity contribution >= 4 is 17.3 Å². The average molecular weight is 278 g/mol. The lowest BCUT2D eigenvalue weighted by Crippen LogP contribution is -1.99. The zero-order chi connectivity index (χ0) is 13.2. The van der Waals surface area contributed by atoms with Crippen LogP contribution in [0.2, 0.25) is 0 Å². The van der Waals surface area contributed by atoms with Gasteiger partial charge in [0.05, 0.1) is 24.0 Å². The highest BCUT2D eigenvalue weighted by Gasteiger charge is 2.16. The summed E-state index contributed by atoms with van der Waals surface area (Å²) in [6.07, 6.45) is 6.84. The molecule has 2 aromatic heterocycles. The molecule has 7 heteroatoms. The van der Waals surface area contributed by atoms with Crippen molar-refractivity contribution < 1.29 is 9.90 Å². The van der Waals surface area contributed by atoms with Gasteiger partial charge in [-0.15, -0.1) is 5.10 Å². The highest BCUT2D eigenvalue weighted by atomic mass is 32.1. The van der Waals surface area contributed by atoms with Crippen LogP contribution in [0.1, 0.15) is 35.5 Å². The second kappa shape index (κ2) is 5.08. The minimum atomic E-state index is -0.820. The number of thiazole rings is 1. The summed E-state index contributed by atoms with van der Waals surface area (Å²) in [6, 6.07) is 0. The van der Waals surface area contributed by atoms with E-state index in [0.29, 0.717) is 12.1 Å². The van der Waals surface area contributed by atoms with Crippen LogP contribution in [0.25, 0.3) is 5.13 Å². The number of carboxylic acid groups (broad SMARTS) is 1.